The summed E-state index contributed by atoms with van der Waals surface area (Å²) in [6.07, 6.45) is 5.12. The molecule has 0 unspecified atom stereocenters. The van der Waals surface area contributed by atoms with Gasteiger partial charge in [0.25, 0.3) is 5.91 Å². The Morgan fingerprint density at radius 1 is 1.20 bits per heavy atom. The first-order chi connectivity index (χ1) is 21.6. The van der Waals surface area contributed by atoms with Crippen molar-refractivity contribution < 1.29 is 28.2 Å². The molecule has 0 bridgehead atoms. The summed E-state index contributed by atoms with van der Waals surface area (Å²) in [6, 6.07) is 9.42. The SMILES string of the molecule is C[C@]1(C(N)=O)COc2c1cc([C@@](O)(CNC(=O)c1cc(F)c3nn(C4CC4)cc3c1)C1CC1)nc2-c1csc2c(F)cccc12. The number of thiophene rings is 1. The lowest BCUT2D eigenvalue weighted by Crippen LogP contribution is -2.44. The third-order valence-electron chi connectivity index (χ3n) is 9.40. The summed E-state index contributed by atoms with van der Waals surface area (Å²) in [7, 11) is 0. The lowest BCUT2D eigenvalue weighted by atomic mass is 9.81. The van der Waals surface area contributed by atoms with E-state index >= 15 is 0 Å². The molecule has 230 valence electrons. The molecule has 2 aromatic carbocycles. The molecule has 8 rings (SSSR count). The normalized spacial score (nSPS) is 20.6. The number of nitrogens with two attached hydrogens (primary N) is 1. The average Bonchev–Trinajstić information content (AvgIpc) is 3.94. The van der Waals surface area contributed by atoms with Gasteiger partial charge in [0.2, 0.25) is 5.91 Å². The van der Waals surface area contributed by atoms with Gasteiger partial charge in [0.1, 0.15) is 40.4 Å². The van der Waals surface area contributed by atoms with E-state index < -0.39 is 28.6 Å². The molecule has 3 aromatic heterocycles. The van der Waals surface area contributed by atoms with Gasteiger partial charge in [-0.05, 0) is 62.8 Å². The predicted molar refractivity (Wildman–Crippen MR) is 164 cm³/mol. The highest BCUT2D eigenvalue weighted by Crippen LogP contribution is 2.51. The molecule has 0 spiro atoms. The molecule has 0 radical (unpaired) electrons. The molecule has 2 fully saturated rings. The Morgan fingerprint density at radius 3 is 2.73 bits per heavy atom. The van der Waals surface area contributed by atoms with Crippen LogP contribution in [0, 0.1) is 17.6 Å². The van der Waals surface area contributed by atoms with Gasteiger partial charge in [0.05, 0.1) is 23.0 Å². The third kappa shape index (κ3) is 4.41. The van der Waals surface area contributed by atoms with Crippen LogP contribution in [0.3, 0.4) is 0 Å². The molecule has 5 aromatic rings. The summed E-state index contributed by atoms with van der Waals surface area (Å²) < 4.78 is 37.8. The Bertz CT molecular complexity index is 2070. The second kappa shape index (κ2) is 9.79. The van der Waals surface area contributed by atoms with E-state index in [9.17, 15) is 23.5 Å². The molecular formula is C33H29F2N5O4S. The van der Waals surface area contributed by atoms with Crippen LogP contribution < -0.4 is 15.8 Å². The van der Waals surface area contributed by atoms with Gasteiger partial charge in [-0.3, -0.25) is 14.3 Å². The van der Waals surface area contributed by atoms with E-state index in [1.165, 1.54) is 17.4 Å². The number of hydrogen-bond acceptors (Lipinski definition) is 7. The van der Waals surface area contributed by atoms with E-state index in [0.717, 1.165) is 18.9 Å². The van der Waals surface area contributed by atoms with E-state index in [4.69, 9.17) is 15.5 Å². The van der Waals surface area contributed by atoms with Crippen LogP contribution in [0.2, 0.25) is 0 Å². The highest BCUT2D eigenvalue weighted by atomic mass is 32.1. The maximum atomic E-state index is 15.0. The third-order valence-corrected chi connectivity index (χ3v) is 10.4. The molecule has 12 heteroatoms. The second-order valence-electron chi connectivity index (χ2n) is 12.6. The Morgan fingerprint density at radius 2 is 2.00 bits per heavy atom. The maximum absolute atomic E-state index is 15.0. The Labute approximate surface area is 260 Å². The van der Waals surface area contributed by atoms with Gasteiger partial charge >= 0.3 is 0 Å². The van der Waals surface area contributed by atoms with Crippen LogP contribution in [0.25, 0.3) is 32.2 Å². The number of aliphatic hydroxyl groups is 1. The smallest absolute Gasteiger partial charge is 0.251 e. The van der Waals surface area contributed by atoms with Gasteiger partial charge in [-0.15, -0.1) is 11.3 Å². The zero-order valence-electron chi connectivity index (χ0n) is 24.3. The molecule has 2 aliphatic carbocycles. The van der Waals surface area contributed by atoms with Crippen LogP contribution in [-0.4, -0.2) is 44.8 Å². The van der Waals surface area contributed by atoms with Crippen molar-refractivity contribution in [3.8, 4) is 17.0 Å². The first-order valence-corrected chi connectivity index (χ1v) is 15.8. The Kier molecular flexibility index (Phi) is 6.11. The maximum Gasteiger partial charge on any atom is 0.251 e. The molecule has 9 nitrogen and oxygen atoms in total. The number of nitrogens with zero attached hydrogens (tertiary/aromatic N) is 3. The number of amides is 2. The summed E-state index contributed by atoms with van der Waals surface area (Å²) in [5.74, 6) is -2.00. The average molecular weight is 630 g/mol. The quantitative estimate of drug-likeness (QED) is 0.219. The van der Waals surface area contributed by atoms with E-state index in [0.29, 0.717) is 50.9 Å². The lowest BCUT2D eigenvalue weighted by molar-refractivity contribution is -0.123. The molecule has 4 heterocycles. The zero-order valence-corrected chi connectivity index (χ0v) is 25.1. The summed E-state index contributed by atoms with van der Waals surface area (Å²) in [6.45, 7) is 1.44. The molecule has 3 aliphatic rings. The van der Waals surface area contributed by atoms with Crippen molar-refractivity contribution >= 4 is 44.1 Å². The molecule has 4 N–H and O–H groups in total. The number of nitrogens with one attached hydrogen (secondary N) is 1. The predicted octanol–water partition coefficient (Wildman–Crippen LogP) is 5.09. The monoisotopic (exact) mass is 629 g/mol. The molecule has 1 aliphatic heterocycles. The van der Waals surface area contributed by atoms with Crippen molar-refractivity contribution in [2.45, 2.75) is 49.7 Å². The fraction of sp³-hybridized carbons (Fsp3) is 0.333. The van der Waals surface area contributed by atoms with E-state index in [2.05, 4.69) is 10.4 Å². The van der Waals surface area contributed by atoms with E-state index in [1.807, 2.05) is 0 Å². The van der Waals surface area contributed by atoms with Gasteiger partial charge in [-0.25, -0.2) is 13.8 Å². The summed E-state index contributed by atoms with van der Waals surface area (Å²) in [5, 5.41) is 22.3. The second-order valence-corrected chi connectivity index (χ2v) is 13.5. The van der Waals surface area contributed by atoms with Gasteiger partial charge < -0.3 is 20.9 Å². The number of halogens is 2. The van der Waals surface area contributed by atoms with Crippen LogP contribution in [-0.2, 0) is 15.8 Å². The molecule has 45 heavy (non-hydrogen) atoms. The highest BCUT2D eigenvalue weighted by molar-refractivity contribution is 7.17. The first-order valence-electron chi connectivity index (χ1n) is 14.9. The van der Waals surface area contributed by atoms with Crippen molar-refractivity contribution in [2.24, 2.45) is 11.7 Å². The fourth-order valence-corrected chi connectivity index (χ4v) is 7.25. The number of rotatable bonds is 8. The molecule has 0 saturated heterocycles. The number of ether oxygens (including phenoxy) is 1. The zero-order chi connectivity index (χ0) is 31.2. The standard InChI is InChI=1S/C33H29F2N5O4S/c1-32(31(36)42)15-44-28-22(32)11-25(38-27(28)21-13-45-29-20(21)3-2-4-23(29)34)33(43,18-5-6-18)14-37-30(41)16-9-17-12-40(19-7-8-19)39-26(17)24(35)10-16/h2-4,9-13,18-19,43H,5-8,14-15H2,1H3,(H2,36,42)(H,37,41)/t32-,33+/m0/s1. The van der Waals surface area contributed by atoms with Crippen LogP contribution in [0.5, 0.6) is 5.75 Å². The number of benzene rings is 2. The number of carbonyl (C=O) groups is 2. The number of primary amides is 1. The van der Waals surface area contributed by atoms with Crippen molar-refractivity contribution in [1.82, 2.24) is 20.1 Å². The van der Waals surface area contributed by atoms with Crippen molar-refractivity contribution in [1.29, 1.82) is 0 Å². The molecular weight excluding hydrogens is 600 g/mol. The van der Waals surface area contributed by atoms with Crippen molar-refractivity contribution in [3.63, 3.8) is 0 Å². The van der Waals surface area contributed by atoms with Gasteiger partial charge in [0.15, 0.2) is 5.82 Å². The molecule has 2 amide bonds. The lowest BCUT2D eigenvalue weighted by Gasteiger charge is -2.30. The Balaban J connectivity index is 1.19. The van der Waals surface area contributed by atoms with Crippen molar-refractivity contribution in [2.75, 3.05) is 13.2 Å². The minimum atomic E-state index is -1.63. The highest BCUT2D eigenvalue weighted by Gasteiger charge is 2.50. The first kappa shape index (κ1) is 28.1. The number of hydrogen-bond donors (Lipinski definition) is 3. The number of carbonyl (C=O) groups excluding carboxylic acids is 2. The fourth-order valence-electron chi connectivity index (χ4n) is 6.29. The topological polar surface area (TPSA) is 132 Å². The summed E-state index contributed by atoms with van der Waals surface area (Å²) in [4.78, 5) is 31.0. The molecule has 2 atom stereocenters. The number of fused-ring (bicyclic) bond motifs is 3. The number of pyridine rings is 1. The summed E-state index contributed by atoms with van der Waals surface area (Å²) in [5.41, 5.74) is 5.00. The van der Waals surface area contributed by atoms with E-state index in [-0.39, 0.29) is 47.7 Å². The van der Waals surface area contributed by atoms with Crippen LogP contribution in [0.15, 0.2) is 48.0 Å². The minimum absolute atomic E-state index is 0.0177. The van der Waals surface area contributed by atoms with Crippen LogP contribution in [0.1, 0.15) is 60.3 Å². The van der Waals surface area contributed by atoms with Crippen molar-refractivity contribution in [3.05, 3.63) is 76.4 Å². The van der Waals surface area contributed by atoms with Crippen LogP contribution >= 0.6 is 11.3 Å². The minimum Gasteiger partial charge on any atom is -0.489 e. The number of aromatic nitrogens is 3. The Hall–Kier alpha value is -4.42. The van der Waals surface area contributed by atoms with Gasteiger partial charge in [-0.1, -0.05) is 12.1 Å². The summed E-state index contributed by atoms with van der Waals surface area (Å²) >= 11 is 1.22. The van der Waals surface area contributed by atoms with Crippen LogP contribution in [0.4, 0.5) is 8.78 Å². The van der Waals surface area contributed by atoms with Gasteiger partial charge in [0, 0.05) is 39.0 Å². The largest absolute Gasteiger partial charge is 0.489 e. The van der Waals surface area contributed by atoms with E-state index in [1.54, 1.807) is 47.4 Å². The van der Waals surface area contributed by atoms with Gasteiger partial charge in [-0.2, -0.15) is 5.10 Å². The molecule has 2 saturated carbocycles.